The molecule has 1 aliphatic heterocycles. The molecule has 1 saturated heterocycles. The summed E-state index contributed by atoms with van der Waals surface area (Å²) in [6.45, 7) is -1.42. The molecule has 2 rings (SSSR count). The van der Waals surface area contributed by atoms with E-state index in [0.29, 0.717) is 5.56 Å². The molecule has 21 nitrogen and oxygen atoms in total. The van der Waals surface area contributed by atoms with E-state index in [0.717, 1.165) is 18.9 Å². The lowest BCUT2D eigenvalue weighted by Gasteiger charge is -2.33. The van der Waals surface area contributed by atoms with Crippen molar-refractivity contribution in [3.63, 3.8) is 0 Å². The standard InChI is InChI=1S/C34H53N9O12/c1-18(47)27-33(54)42-25(17-46)31(52)38-21(30(51)41-24(16-45)32(53)40-23(28(36)49)14-19-8-4-3-5-9-19)10-6-7-13-37-26(48)12-11-22(34(55)43(27)2)39-29(50)20(35)15-44/h3-5,8-9,18,20-25,27,44-47H,6-7,10-17,35H2,1-2H3,(H2,36,49)(H,37,48)(H,38,52)(H,39,50)(H,40,53)(H,41,51)(H,42,54)/t18-,20+,21+,22+,23+,24+,25+,27+/m1/s1. The third-order valence-electron chi connectivity index (χ3n) is 8.75. The fraction of sp³-hybridized carbons (Fsp3) is 0.588. The van der Waals surface area contributed by atoms with Crippen LogP contribution in [-0.4, -0.2) is 154 Å². The summed E-state index contributed by atoms with van der Waals surface area (Å²) in [6.07, 6.45) is -1.76. The van der Waals surface area contributed by atoms with Gasteiger partial charge >= 0.3 is 0 Å². The topological polar surface area (TPSA) is 345 Å². The average molecular weight is 780 g/mol. The highest BCUT2D eigenvalue weighted by Gasteiger charge is 2.38. The Kier molecular flexibility index (Phi) is 19.1. The number of aliphatic hydroxyl groups excluding tert-OH is 4. The number of nitrogens with two attached hydrogens (primary N) is 2. The molecule has 0 unspecified atom stereocenters. The number of likely N-dealkylation sites (N-methyl/N-ethyl adjacent to an activating group) is 1. The van der Waals surface area contributed by atoms with E-state index in [1.54, 1.807) is 30.3 Å². The maximum atomic E-state index is 13.6. The Labute approximate surface area is 317 Å². The monoisotopic (exact) mass is 779 g/mol. The van der Waals surface area contributed by atoms with Crippen molar-refractivity contribution in [1.29, 1.82) is 0 Å². The first kappa shape index (κ1) is 45.9. The van der Waals surface area contributed by atoms with Crippen molar-refractivity contribution < 1.29 is 58.8 Å². The van der Waals surface area contributed by atoms with Crippen LogP contribution in [0.25, 0.3) is 0 Å². The van der Waals surface area contributed by atoms with Crippen LogP contribution >= 0.6 is 0 Å². The third-order valence-corrected chi connectivity index (χ3v) is 8.75. The van der Waals surface area contributed by atoms with Crippen molar-refractivity contribution in [2.45, 2.75) is 93.8 Å². The largest absolute Gasteiger partial charge is 0.394 e. The lowest BCUT2D eigenvalue weighted by molar-refractivity contribution is -0.146. The Bertz CT molecular complexity index is 1500. The second-order valence-corrected chi connectivity index (χ2v) is 13.1. The zero-order chi connectivity index (χ0) is 41.2. The molecule has 0 saturated carbocycles. The van der Waals surface area contributed by atoms with Gasteiger partial charge in [0.1, 0.15) is 42.3 Å². The molecule has 55 heavy (non-hydrogen) atoms. The van der Waals surface area contributed by atoms with E-state index < -0.39 is 115 Å². The molecule has 1 aliphatic rings. The summed E-state index contributed by atoms with van der Waals surface area (Å²) >= 11 is 0. The Morgan fingerprint density at radius 3 is 2.16 bits per heavy atom. The van der Waals surface area contributed by atoms with Gasteiger partial charge in [0.15, 0.2) is 0 Å². The van der Waals surface area contributed by atoms with E-state index in [1.165, 1.54) is 0 Å². The lowest BCUT2D eigenvalue weighted by Crippen LogP contribution is -2.62. The van der Waals surface area contributed by atoms with Crippen LogP contribution in [0.4, 0.5) is 0 Å². The van der Waals surface area contributed by atoms with Gasteiger partial charge in [0.2, 0.25) is 47.3 Å². The summed E-state index contributed by atoms with van der Waals surface area (Å²) in [5.74, 6) is -7.35. The molecule has 0 aromatic heterocycles. The first-order valence-electron chi connectivity index (χ1n) is 17.7. The van der Waals surface area contributed by atoms with Crippen molar-refractivity contribution in [2.24, 2.45) is 11.5 Å². The molecule has 1 fully saturated rings. The van der Waals surface area contributed by atoms with Crippen molar-refractivity contribution >= 4 is 47.3 Å². The summed E-state index contributed by atoms with van der Waals surface area (Å²) in [5, 5.41) is 54.2. The van der Waals surface area contributed by atoms with Gasteiger partial charge in [0.05, 0.1) is 25.9 Å². The molecular weight excluding hydrogens is 726 g/mol. The minimum atomic E-state index is -1.73. The number of rotatable bonds is 13. The fourth-order valence-corrected chi connectivity index (χ4v) is 5.59. The summed E-state index contributed by atoms with van der Waals surface area (Å²) in [7, 11) is 1.12. The van der Waals surface area contributed by atoms with E-state index in [-0.39, 0.29) is 45.1 Å². The van der Waals surface area contributed by atoms with Crippen LogP contribution in [0.1, 0.15) is 44.6 Å². The summed E-state index contributed by atoms with van der Waals surface area (Å²) < 4.78 is 0. The number of nitrogens with one attached hydrogen (secondary N) is 6. The van der Waals surface area contributed by atoms with E-state index in [9.17, 15) is 58.8 Å². The van der Waals surface area contributed by atoms with Crippen LogP contribution < -0.4 is 43.4 Å². The number of hydrogen-bond acceptors (Lipinski definition) is 13. The highest BCUT2D eigenvalue weighted by molar-refractivity contribution is 5.97. The number of amides is 8. The number of aliphatic hydroxyl groups is 4. The van der Waals surface area contributed by atoms with Crippen LogP contribution in [0.2, 0.25) is 0 Å². The summed E-state index contributed by atoms with van der Waals surface area (Å²) in [6, 6.07) is -1.87. The van der Waals surface area contributed by atoms with E-state index in [4.69, 9.17) is 11.5 Å². The molecule has 0 bridgehead atoms. The van der Waals surface area contributed by atoms with Gasteiger partial charge in [-0.2, -0.15) is 0 Å². The molecule has 306 valence electrons. The molecule has 0 radical (unpaired) electrons. The maximum absolute atomic E-state index is 13.6. The van der Waals surface area contributed by atoms with Gasteiger partial charge in [0, 0.05) is 26.4 Å². The Hall–Kier alpha value is -5.22. The van der Waals surface area contributed by atoms with Gasteiger partial charge in [-0.15, -0.1) is 0 Å². The minimum absolute atomic E-state index is 0.0217. The second kappa shape index (κ2) is 22.9. The predicted molar refractivity (Wildman–Crippen MR) is 193 cm³/mol. The first-order chi connectivity index (χ1) is 26.0. The van der Waals surface area contributed by atoms with Crippen molar-refractivity contribution in [2.75, 3.05) is 33.4 Å². The number of carbonyl (C=O) groups excluding carboxylic acids is 8. The van der Waals surface area contributed by atoms with E-state index >= 15 is 0 Å². The zero-order valence-corrected chi connectivity index (χ0v) is 30.7. The highest BCUT2D eigenvalue weighted by Crippen LogP contribution is 2.12. The normalized spacial score (nSPS) is 22.9. The van der Waals surface area contributed by atoms with Crippen LogP contribution in [0.15, 0.2) is 30.3 Å². The van der Waals surface area contributed by atoms with Crippen LogP contribution in [0, 0.1) is 0 Å². The van der Waals surface area contributed by atoms with Gasteiger partial charge in [-0.1, -0.05) is 30.3 Å². The maximum Gasteiger partial charge on any atom is 0.246 e. The quantitative estimate of drug-likeness (QED) is 0.0888. The van der Waals surface area contributed by atoms with Crippen molar-refractivity contribution in [1.82, 2.24) is 36.8 Å². The zero-order valence-electron chi connectivity index (χ0n) is 30.7. The summed E-state index contributed by atoms with van der Waals surface area (Å²) in [5.41, 5.74) is 11.7. The SMILES string of the molecule is C[C@@H](O)[C@H]1C(=O)N[C@@H](CO)C(=O)N[C@H](C(=O)N[C@@H](CO)C(=O)N[C@@H](Cc2ccccc2)C(N)=O)CCCCNC(=O)CC[C@H](NC(=O)[C@@H](N)CO)C(=O)N1C. The first-order valence-corrected chi connectivity index (χ1v) is 17.7. The number of benzene rings is 1. The van der Waals surface area contributed by atoms with Crippen LogP contribution in [-0.2, 0) is 44.8 Å². The Morgan fingerprint density at radius 2 is 1.58 bits per heavy atom. The Morgan fingerprint density at radius 1 is 0.909 bits per heavy atom. The van der Waals surface area contributed by atoms with Crippen LogP contribution in [0.3, 0.4) is 0 Å². The van der Waals surface area contributed by atoms with Crippen molar-refractivity contribution in [3.8, 4) is 0 Å². The van der Waals surface area contributed by atoms with Gasteiger partial charge in [0.25, 0.3) is 0 Å². The van der Waals surface area contributed by atoms with Gasteiger partial charge in [-0.05, 0) is 38.2 Å². The summed E-state index contributed by atoms with van der Waals surface area (Å²) in [4.78, 5) is 105. The van der Waals surface area contributed by atoms with Gasteiger partial charge < -0.3 is 68.7 Å². The number of hydrogen-bond donors (Lipinski definition) is 12. The molecule has 14 N–H and O–H groups in total. The fourth-order valence-electron chi connectivity index (χ4n) is 5.59. The molecule has 21 heteroatoms. The molecule has 1 heterocycles. The molecule has 8 amide bonds. The van der Waals surface area contributed by atoms with Crippen molar-refractivity contribution in [3.05, 3.63) is 35.9 Å². The molecule has 1 aromatic rings. The second-order valence-electron chi connectivity index (χ2n) is 13.1. The molecular formula is C34H53N9O12. The third kappa shape index (κ3) is 14.5. The predicted octanol–water partition coefficient (Wildman–Crippen LogP) is -6.27. The van der Waals surface area contributed by atoms with Crippen LogP contribution in [0.5, 0.6) is 0 Å². The average Bonchev–Trinajstić information content (AvgIpc) is 3.15. The number of primary amides is 1. The number of carbonyl (C=O) groups is 8. The van der Waals surface area contributed by atoms with E-state index in [2.05, 4.69) is 31.9 Å². The molecule has 0 aliphatic carbocycles. The van der Waals surface area contributed by atoms with Gasteiger partial charge in [-0.25, -0.2) is 0 Å². The minimum Gasteiger partial charge on any atom is -0.394 e. The van der Waals surface area contributed by atoms with E-state index in [1.807, 2.05) is 0 Å². The molecule has 0 spiro atoms. The molecule has 8 atom stereocenters. The smallest absolute Gasteiger partial charge is 0.246 e. The molecule has 1 aromatic carbocycles. The highest BCUT2D eigenvalue weighted by atomic mass is 16.3. The lowest BCUT2D eigenvalue weighted by atomic mass is 10.0. The van der Waals surface area contributed by atoms with Gasteiger partial charge in [-0.3, -0.25) is 38.4 Å². The number of nitrogens with zero attached hydrogens (tertiary/aromatic N) is 1. The Balaban J connectivity index is 2.32.